The van der Waals surface area contributed by atoms with Gasteiger partial charge in [0.2, 0.25) is 0 Å². The number of nitrogens with zero attached hydrogens (tertiary/aromatic N) is 3. The number of rotatable bonds is 7. The molecule has 0 unspecified atom stereocenters. The quantitative estimate of drug-likeness (QED) is 0.328. The number of carbonyl (C=O) groups is 2. The fourth-order valence-corrected chi connectivity index (χ4v) is 5.03. The molecular weight excluding hydrogens is 535 g/mol. The van der Waals surface area contributed by atoms with Crippen LogP contribution >= 0.6 is 34.8 Å². The minimum absolute atomic E-state index is 0.107. The molecule has 11 heteroatoms. The predicted octanol–water partition coefficient (Wildman–Crippen LogP) is 6.05. The summed E-state index contributed by atoms with van der Waals surface area (Å²) in [6, 6.07) is 12.2. The van der Waals surface area contributed by atoms with Crippen LogP contribution in [0.3, 0.4) is 0 Å². The molecule has 1 aliphatic carbocycles. The molecule has 37 heavy (non-hydrogen) atoms. The highest BCUT2D eigenvalue weighted by Crippen LogP contribution is 2.34. The fraction of sp³-hybridized carbons (Fsp3) is 0.346. The van der Waals surface area contributed by atoms with E-state index in [9.17, 15) is 9.59 Å². The maximum absolute atomic E-state index is 14.2. The first kappa shape index (κ1) is 25.9. The number of anilines is 1. The molecule has 8 nitrogen and oxygen atoms in total. The summed E-state index contributed by atoms with van der Waals surface area (Å²) in [5.41, 5.74) is 2.71. The summed E-state index contributed by atoms with van der Waals surface area (Å²) in [5, 5.41) is 18.3. The topological polar surface area (TPSA) is 93.4 Å². The number of hydrogen-bond donors (Lipinski definition) is 3. The number of hydrogen-bond acceptors (Lipinski definition) is 4. The van der Waals surface area contributed by atoms with Crippen molar-refractivity contribution in [1.29, 1.82) is 0 Å². The van der Waals surface area contributed by atoms with Gasteiger partial charge >= 0.3 is 6.03 Å². The summed E-state index contributed by atoms with van der Waals surface area (Å²) in [6.07, 6.45) is 4.98. The molecule has 0 atom stereocenters. The molecule has 0 radical (unpaired) electrons. The molecule has 194 valence electrons. The van der Waals surface area contributed by atoms with Crippen LogP contribution in [0.4, 0.5) is 10.5 Å². The minimum atomic E-state index is -0.321. The highest BCUT2D eigenvalue weighted by atomic mass is 35.5. The number of amides is 3. The molecule has 1 saturated heterocycles. The van der Waals surface area contributed by atoms with Crippen LogP contribution in [0.15, 0.2) is 42.5 Å². The van der Waals surface area contributed by atoms with E-state index >= 15 is 0 Å². The molecule has 3 aromatic rings. The molecule has 1 saturated carbocycles. The summed E-state index contributed by atoms with van der Waals surface area (Å²) < 4.78 is 0. The van der Waals surface area contributed by atoms with Crippen LogP contribution in [0.1, 0.15) is 48.2 Å². The van der Waals surface area contributed by atoms with Crippen molar-refractivity contribution < 1.29 is 9.59 Å². The van der Waals surface area contributed by atoms with Gasteiger partial charge in [-0.3, -0.25) is 9.89 Å². The van der Waals surface area contributed by atoms with Crippen LogP contribution < -0.4 is 15.6 Å². The second kappa shape index (κ2) is 11.3. The Kier molecular flexibility index (Phi) is 7.90. The van der Waals surface area contributed by atoms with Gasteiger partial charge in [-0.1, -0.05) is 53.4 Å². The summed E-state index contributed by atoms with van der Waals surface area (Å²) in [5.74, 6) is -0.321. The number of halogens is 3. The fourth-order valence-electron chi connectivity index (χ4n) is 4.42. The maximum Gasteiger partial charge on any atom is 0.315 e. The van der Waals surface area contributed by atoms with Crippen molar-refractivity contribution in [3.63, 3.8) is 0 Å². The zero-order valence-electron chi connectivity index (χ0n) is 20.1. The normalized spacial score (nSPS) is 15.9. The number of aromatic amines is 1. The lowest BCUT2D eigenvalue weighted by Gasteiger charge is -2.37. The van der Waals surface area contributed by atoms with Crippen molar-refractivity contribution in [3.8, 4) is 11.3 Å². The van der Waals surface area contributed by atoms with Gasteiger partial charge in [0.15, 0.2) is 0 Å². The number of aromatic nitrogens is 2. The Morgan fingerprint density at radius 2 is 1.70 bits per heavy atom. The van der Waals surface area contributed by atoms with Crippen LogP contribution in [-0.4, -0.2) is 46.3 Å². The molecule has 0 spiro atoms. The Hall–Kier alpha value is -2.78. The molecule has 3 N–H and O–H groups in total. The van der Waals surface area contributed by atoms with E-state index in [1.54, 1.807) is 35.3 Å². The van der Waals surface area contributed by atoms with Gasteiger partial charge in [0.05, 0.1) is 16.4 Å². The van der Waals surface area contributed by atoms with Gasteiger partial charge in [0.1, 0.15) is 5.69 Å². The smallest absolute Gasteiger partial charge is 0.315 e. The van der Waals surface area contributed by atoms with Crippen molar-refractivity contribution in [2.24, 2.45) is 0 Å². The van der Waals surface area contributed by atoms with Gasteiger partial charge in [-0.15, -0.1) is 0 Å². The van der Waals surface area contributed by atoms with E-state index in [0.29, 0.717) is 45.1 Å². The number of hydrazine groups is 1. The maximum atomic E-state index is 14.2. The molecule has 2 aliphatic rings. The van der Waals surface area contributed by atoms with Crippen molar-refractivity contribution >= 4 is 52.4 Å². The Morgan fingerprint density at radius 1 is 1.00 bits per heavy atom. The zero-order valence-corrected chi connectivity index (χ0v) is 22.3. The number of H-pyrrole nitrogens is 1. The van der Waals surface area contributed by atoms with Crippen molar-refractivity contribution in [2.45, 2.75) is 44.7 Å². The lowest BCUT2D eigenvalue weighted by molar-refractivity contribution is 0.0866. The van der Waals surface area contributed by atoms with Gasteiger partial charge in [-0.2, -0.15) is 5.10 Å². The van der Waals surface area contributed by atoms with Crippen LogP contribution in [0.5, 0.6) is 0 Å². The second-order valence-corrected chi connectivity index (χ2v) is 10.5. The van der Waals surface area contributed by atoms with Crippen molar-refractivity contribution in [1.82, 2.24) is 25.8 Å². The number of urea groups is 1. The first-order valence-corrected chi connectivity index (χ1v) is 13.5. The molecule has 1 aliphatic heterocycles. The Labute approximate surface area is 230 Å². The van der Waals surface area contributed by atoms with Crippen LogP contribution in [0.2, 0.25) is 15.1 Å². The first-order valence-electron chi connectivity index (χ1n) is 12.3. The van der Waals surface area contributed by atoms with Gasteiger partial charge in [0, 0.05) is 46.8 Å². The molecular formula is C26H27Cl3N6O2. The SMILES string of the molecule is O=C(NCc1c(-c2ccc(Cl)cc2)n[nH]c1C(=O)N(c1ccc(Cl)cc1Cl)N1CCCCC1)NC1CC1. The van der Waals surface area contributed by atoms with Crippen LogP contribution in [0.25, 0.3) is 11.3 Å². The molecule has 2 heterocycles. The average molecular weight is 562 g/mol. The highest BCUT2D eigenvalue weighted by Gasteiger charge is 2.32. The summed E-state index contributed by atoms with van der Waals surface area (Å²) in [7, 11) is 0. The van der Waals surface area contributed by atoms with Gasteiger partial charge in [-0.25, -0.2) is 14.8 Å². The van der Waals surface area contributed by atoms with E-state index in [2.05, 4.69) is 20.8 Å². The Balaban J connectivity index is 1.53. The molecule has 0 bridgehead atoms. The summed E-state index contributed by atoms with van der Waals surface area (Å²) >= 11 is 18.8. The molecule has 3 amide bonds. The standard InChI is InChI=1S/C26H27Cl3N6O2/c27-17-6-4-16(5-7-17)23-20(15-30-26(37)31-19-9-10-19)24(33-32-23)25(36)35(34-12-2-1-3-13-34)22-11-8-18(28)14-21(22)29/h4-8,11,14,19H,1-3,9-10,12-13,15H2,(H,32,33)(H2,30,31,37). The zero-order chi connectivity index (χ0) is 25.9. The minimum Gasteiger partial charge on any atom is -0.335 e. The van der Waals surface area contributed by atoms with E-state index < -0.39 is 0 Å². The third-order valence-electron chi connectivity index (χ3n) is 6.48. The third kappa shape index (κ3) is 6.04. The predicted molar refractivity (Wildman–Crippen MR) is 146 cm³/mol. The lowest BCUT2D eigenvalue weighted by Crippen LogP contribution is -2.49. The van der Waals surface area contributed by atoms with E-state index in [1.807, 2.05) is 17.1 Å². The number of carbonyl (C=O) groups excluding carboxylic acids is 2. The summed E-state index contributed by atoms with van der Waals surface area (Å²) in [4.78, 5) is 26.6. The number of nitrogens with one attached hydrogen (secondary N) is 3. The van der Waals surface area contributed by atoms with Crippen LogP contribution in [0, 0.1) is 0 Å². The third-order valence-corrected chi connectivity index (χ3v) is 7.27. The van der Waals surface area contributed by atoms with E-state index in [4.69, 9.17) is 34.8 Å². The summed E-state index contributed by atoms with van der Waals surface area (Å²) in [6.45, 7) is 1.52. The Bertz CT molecular complexity index is 1290. The van der Waals surface area contributed by atoms with Crippen LogP contribution in [-0.2, 0) is 6.54 Å². The van der Waals surface area contributed by atoms with Crippen molar-refractivity contribution in [3.05, 3.63) is 68.8 Å². The molecule has 1 aromatic heterocycles. The van der Waals surface area contributed by atoms with Gasteiger partial charge in [-0.05, 0) is 56.0 Å². The van der Waals surface area contributed by atoms with E-state index in [1.165, 1.54) is 0 Å². The number of piperidine rings is 1. The lowest BCUT2D eigenvalue weighted by atomic mass is 10.0. The van der Waals surface area contributed by atoms with E-state index in [-0.39, 0.29) is 30.2 Å². The first-order chi connectivity index (χ1) is 17.9. The van der Waals surface area contributed by atoms with Gasteiger partial charge < -0.3 is 10.6 Å². The van der Waals surface area contributed by atoms with Crippen molar-refractivity contribution in [2.75, 3.05) is 18.1 Å². The molecule has 2 fully saturated rings. The number of benzene rings is 2. The molecule has 5 rings (SSSR count). The van der Waals surface area contributed by atoms with Gasteiger partial charge in [0.25, 0.3) is 5.91 Å². The second-order valence-electron chi connectivity index (χ2n) is 9.26. The van der Waals surface area contributed by atoms with E-state index in [0.717, 1.165) is 37.7 Å². The highest BCUT2D eigenvalue weighted by molar-refractivity contribution is 6.37. The monoisotopic (exact) mass is 560 g/mol. The molecule has 2 aromatic carbocycles. The largest absolute Gasteiger partial charge is 0.335 e. The Morgan fingerprint density at radius 3 is 2.38 bits per heavy atom. The average Bonchev–Trinajstić information content (AvgIpc) is 3.60.